The van der Waals surface area contributed by atoms with Gasteiger partial charge in [-0.05, 0) is 6.92 Å². The van der Waals surface area contributed by atoms with Crippen molar-refractivity contribution < 1.29 is 75.5 Å². The highest BCUT2D eigenvalue weighted by Crippen LogP contribution is 1.90. The summed E-state index contributed by atoms with van der Waals surface area (Å²) >= 11 is 0. The first-order valence-corrected chi connectivity index (χ1v) is 16.5. The summed E-state index contributed by atoms with van der Waals surface area (Å²) in [7, 11) is 0. The molecule has 0 saturated heterocycles. The lowest BCUT2D eigenvalue weighted by Gasteiger charge is -2.09. The first kappa shape index (κ1) is 45.9. The third-order valence-corrected chi connectivity index (χ3v) is 5.44. The largest absolute Gasteiger partial charge is 0.466 e. The van der Waals surface area contributed by atoms with Crippen molar-refractivity contribution in [1.29, 1.82) is 0 Å². The number of carbonyl (C=O) groups is 1. The molecular formula is C31H61FO15. The van der Waals surface area contributed by atoms with Gasteiger partial charge in [-0.3, -0.25) is 4.79 Å². The van der Waals surface area contributed by atoms with E-state index in [0.29, 0.717) is 172 Å². The zero-order chi connectivity index (χ0) is 34.0. The smallest absolute Gasteiger partial charge is 0.308 e. The summed E-state index contributed by atoms with van der Waals surface area (Å²) in [5.41, 5.74) is 0. The van der Waals surface area contributed by atoms with E-state index >= 15 is 0 Å². The third kappa shape index (κ3) is 42.9. The van der Waals surface area contributed by atoms with Gasteiger partial charge in [0.2, 0.25) is 0 Å². The van der Waals surface area contributed by atoms with E-state index in [-0.39, 0.29) is 19.0 Å². The first-order valence-electron chi connectivity index (χ1n) is 16.5. The van der Waals surface area contributed by atoms with E-state index in [0.717, 1.165) is 0 Å². The second-order valence-corrected chi connectivity index (χ2v) is 9.20. The maximum Gasteiger partial charge on any atom is 0.308 e. The Labute approximate surface area is 280 Å². The fraction of sp³-hybridized carbons (Fsp3) is 0.968. The molecule has 0 unspecified atom stereocenters. The summed E-state index contributed by atoms with van der Waals surface area (Å²) in [6.07, 6.45) is 0.252. The molecule has 0 amide bonds. The molecular weight excluding hydrogens is 631 g/mol. The van der Waals surface area contributed by atoms with Gasteiger partial charge >= 0.3 is 5.97 Å². The summed E-state index contributed by atoms with van der Waals surface area (Å²) in [6, 6.07) is 0. The van der Waals surface area contributed by atoms with Gasteiger partial charge in [-0.15, -0.1) is 0 Å². The average molecular weight is 693 g/mol. The highest BCUT2D eigenvalue weighted by Gasteiger charge is 2.01. The Balaban J connectivity index is 3.05. The Morgan fingerprint density at radius 1 is 0.340 bits per heavy atom. The lowest BCUT2D eigenvalue weighted by atomic mass is 10.5. The van der Waals surface area contributed by atoms with Crippen molar-refractivity contribution in [3.63, 3.8) is 0 Å². The van der Waals surface area contributed by atoms with Gasteiger partial charge in [0.25, 0.3) is 0 Å². The van der Waals surface area contributed by atoms with Crippen LogP contribution < -0.4 is 0 Å². The van der Waals surface area contributed by atoms with E-state index in [1.54, 1.807) is 6.92 Å². The summed E-state index contributed by atoms with van der Waals surface area (Å²) in [4.78, 5) is 11.1. The summed E-state index contributed by atoms with van der Waals surface area (Å²) in [5.74, 6) is -0.255. The molecule has 282 valence electrons. The van der Waals surface area contributed by atoms with Crippen LogP contribution in [0.15, 0.2) is 0 Å². The molecule has 0 N–H and O–H groups in total. The van der Waals surface area contributed by atoms with E-state index in [4.69, 9.17) is 66.3 Å². The van der Waals surface area contributed by atoms with Crippen molar-refractivity contribution in [1.82, 2.24) is 0 Å². The lowest BCUT2D eigenvalue weighted by molar-refractivity contribution is -0.144. The fourth-order valence-electron chi connectivity index (χ4n) is 3.18. The Morgan fingerprint density at radius 2 is 0.532 bits per heavy atom. The number of carbonyl (C=O) groups excluding carboxylic acids is 1. The van der Waals surface area contributed by atoms with Gasteiger partial charge in [0.05, 0.1) is 185 Å². The summed E-state index contributed by atoms with van der Waals surface area (Å²) in [6.45, 7) is 13.5. The molecule has 0 radical (unpaired) electrons. The van der Waals surface area contributed by atoms with Crippen molar-refractivity contribution in [3.8, 4) is 0 Å². The van der Waals surface area contributed by atoms with E-state index in [2.05, 4.69) is 0 Å². The van der Waals surface area contributed by atoms with Gasteiger partial charge in [0, 0.05) is 0 Å². The predicted octanol–water partition coefficient (Wildman–Crippen LogP) is 1.12. The number of ether oxygens (including phenoxy) is 14. The highest BCUT2D eigenvalue weighted by atomic mass is 19.1. The SMILES string of the molecule is CCOC(=O)CCOCCOCCOCCOCCOCCOCCOCCOCCOCCOCCOCCOCCOCCF. The van der Waals surface area contributed by atoms with Crippen LogP contribution in [0.25, 0.3) is 0 Å². The summed E-state index contributed by atoms with van der Waals surface area (Å²) < 4.78 is 86.5. The van der Waals surface area contributed by atoms with E-state index in [1.165, 1.54) is 0 Å². The van der Waals surface area contributed by atoms with Gasteiger partial charge in [0.15, 0.2) is 0 Å². The van der Waals surface area contributed by atoms with Gasteiger partial charge in [0.1, 0.15) is 6.67 Å². The molecule has 16 heteroatoms. The van der Waals surface area contributed by atoms with Crippen LogP contribution in [0.1, 0.15) is 13.3 Å². The Hall–Kier alpha value is -1.12. The van der Waals surface area contributed by atoms with Gasteiger partial charge in [-0.25, -0.2) is 4.39 Å². The summed E-state index contributed by atoms with van der Waals surface area (Å²) in [5, 5.41) is 0. The fourth-order valence-corrected chi connectivity index (χ4v) is 3.18. The van der Waals surface area contributed by atoms with Gasteiger partial charge in [-0.2, -0.15) is 0 Å². The molecule has 0 atom stereocenters. The van der Waals surface area contributed by atoms with Crippen LogP contribution in [-0.2, 0) is 71.1 Å². The zero-order valence-electron chi connectivity index (χ0n) is 28.5. The molecule has 0 heterocycles. The molecule has 0 aromatic rings. The minimum atomic E-state index is -0.478. The van der Waals surface area contributed by atoms with Crippen LogP contribution in [0.4, 0.5) is 4.39 Å². The monoisotopic (exact) mass is 692 g/mol. The second kappa shape index (κ2) is 42.9. The number of alkyl halides is 1. The number of halogens is 1. The Kier molecular flexibility index (Phi) is 41.9. The minimum Gasteiger partial charge on any atom is -0.466 e. The quantitative estimate of drug-likeness (QED) is 0.0665. The Bertz CT molecular complexity index is 595. The van der Waals surface area contributed by atoms with Crippen LogP contribution in [-0.4, -0.2) is 191 Å². The number of hydrogen-bond acceptors (Lipinski definition) is 15. The molecule has 0 aromatic carbocycles. The highest BCUT2D eigenvalue weighted by molar-refractivity contribution is 5.69. The maximum absolute atomic E-state index is 11.8. The van der Waals surface area contributed by atoms with E-state index in [1.807, 2.05) is 0 Å². The van der Waals surface area contributed by atoms with Crippen LogP contribution in [0.2, 0.25) is 0 Å². The molecule has 0 fully saturated rings. The zero-order valence-corrected chi connectivity index (χ0v) is 28.5. The van der Waals surface area contributed by atoms with Gasteiger partial charge in [-0.1, -0.05) is 0 Å². The molecule has 47 heavy (non-hydrogen) atoms. The number of hydrogen-bond donors (Lipinski definition) is 0. The number of rotatable bonds is 42. The van der Waals surface area contributed by atoms with E-state index < -0.39 is 6.67 Å². The molecule has 0 aliphatic carbocycles. The molecule has 0 aliphatic rings. The maximum atomic E-state index is 11.8. The first-order chi connectivity index (χ1) is 23.3. The van der Waals surface area contributed by atoms with Crippen molar-refractivity contribution in [2.75, 3.05) is 185 Å². The molecule has 15 nitrogen and oxygen atoms in total. The van der Waals surface area contributed by atoms with Crippen LogP contribution >= 0.6 is 0 Å². The topological polar surface area (TPSA) is 146 Å². The van der Waals surface area contributed by atoms with Crippen molar-refractivity contribution in [2.45, 2.75) is 13.3 Å². The second-order valence-electron chi connectivity index (χ2n) is 9.20. The van der Waals surface area contributed by atoms with Crippen LogP contribution in [0.5, 0.6) is 0 Å². The normalized spacial score (nSPS) is 11.4. The lowest BCUT2D eigenvalue weighted by Crippen LogP contribution is -2.15. The van der Waals surface area contributed by atoms with E-state index in [9.17, 15) is 9.18 Å². The van der Waals surface area contributed by atoms with Crippen molar-refractivity contribution >= 4 is 5.97 Å². The molecule has 0 saturated carbocycles. The Morgan fingerprint density at radius 3 is 0.723 bits per heavy atom. The molecule has 0 rings (SSSR count). The predicted molar refractivity (Wildman–Crippen MR) is 168 cm³/mol. The van der Waals surface area contributed by atoms with Crippen molar-refractivity contribution in [3.05, 3.63) is 0 Å². The molecule has 0 spiro atoms. The standard InChI is InChI=1S/C31H61FO15/c1-2-47-31(33)3-5-34-7-9-36-11-13-38-15-17-40-19-21-42-23-25-44-27-29-46-30-28-45-26-24-43-22-20-41-18-16-39-14-12-37-10-8-35-6-4-32/h2-30H2,1H3. The average Bonchev–Trinajstić information content (AvgIpc) is 3.07. The molecule has 0 bridgehead atoms. The number of esters is 1. The van der Waals surface area contributed by atoms with Gasteiger partial charge < -0.3 is 66.3 Å². The third-order valence-electron chi connectivity index (χ3n) is 5.44. The van der Waals surface area contributed by atoms with Crippen molar-refractivity contribution in [2.24, 2.45) is 0 Å². The van der Waals surface area contributed by atoms with Crippen LogP contribution in [0, 0.1) is 0 Å². The minimum absolute atomic E-state index is 0.109. The molecule has 0 aliphatic heterocycles. The van der Waals surface area contributed by atoms with Crippen LogP contribution in [0.3, 0.4) is 0 Å². The molecule has 0 aromatic heterocycles.